The van der Waals surface area contributed by atoms with Crippen LogP contribution in [0.5, 0.6) is 0 Å². The van der Waals surface area contributed by atoms with E-state index in [0.29, 0.717) is 16.5 Å². The summed E-state index contributed by atoms with van der Waals surface area (Å²) in [5.74, 6) is 0.224. The summed E-state index contributed by atoms with van der Waals surface area (Å²) in [6, 6.07) is 3.26. The Balaban J connectivity index is 1.78. The second kappa shape index (κ2) is 7.11. The molecule has 0 spiro atoms. The first-order valence-corrected chi connectivity index (χ1v) is 7.98. The highest BCUT2D eigenvalue weighted by molar-refractivity contribution is 9.10. The molecular formula is C15H20BrNO4. The maximum Gasteiger partial charge on any atom is 0.374 e. The van der Waals surface area contributed by atoms with Crippen LogP contribution in [-0.2, 0) is 9.53 Å². The zero-order valence-electron chi connectivity index (χ0n) is 12.2. The van der Waals surface area contributed by atoms with Crippen LogP contribution in [0.4, 0.5) is 0 Å². The van der Waals surface area contributed by atoms with Gasteiger partial charge in [0.25, 0.3) is 5.91 Å². The zero-order chi connectivity index (χ0) is 15.4. The number of rotatable bonds is 4. The quantitative estimate of drug-likeness (QED) is 0.840. The minimum absolute atomic E-state index is 0.0781. The summed E-state index contributed by atoms with van der Waals surface area (Å²) in [5.41, 5.74) is 0. The van der Waals surface area contributed by atoms with E-state index in [1.165, 1.54) is 12.5 Å². The van der Waals surface area contributed by atoms with Gasteiger partial charge in [0.2, 0.25) is 5.76 Å². The number of carbonyl (C=O) groups excluding carboxylic acids is 2. The first-order valence-electron chi connectivity index (χ1n) is 7.19. The van der Waals surface area contributed by atoms with Gasteiger partial charge in [0, 0.05) is 6.04 Å². The number of carbonyl (C=O) groups is 2. The standard InChI is InChI=1S/C15H20BrNO4/c1-9-4-3-5-11(10(9)2)17-14(18)8-20-15(19)12-6-7-13(16)21-12/h6-7,9-11H,3-5,8H2,1-2H3,(H,17,18)/t9-,10+,11+/m1/s1. The van der Waals surface area contributed by atoms with Gasteiger partial charge in [-0.05, 0) is 46.3 Å². The van der Waals surface area contributed by atoms with E-state index in [-0.39, 0.29) is 24.3 Å². The molecule has 116 valence electrons. The highest BCUT2D eigenvalue weighted by atomic mass is 79.9. The predicted octanol–water partition coefficient (Wildman–Crippen LogP) is 3.14. The van der Waals surface area contributed by atoms with Crippen LogP contribution in [0.1, 0.15) is 43.7 Å². The van der Waals surface area contributed by atoms with E-state index in [9.17, 15) is 9.59 Å². The SMILES string of the molecule is C[C@H]1[C@H](C)CCC[C@@H]1NC(=O)COC(=O)c1ccc(Br)o1. The Morgan fingerprint density at radius 3 is 2.81 bits per heavy atom. The van der Waals surface area contributed by atoms with Crippen molar-refractivity contribution < 1.29 is 18.7 Å². The Bertz CT molecular complexity index is 514. The lowest BCUT2D eigenvalue weighted by Gasteiger charge is -2.34. The first kappa shape index (κ1) is 16.1. The van der Waals surface area contributed by atoms with Crippen LogP contribution < -0.4 is 5.32 Å². The number of ether oxygens (including phenoxy) is 1. The molecule has 1 saturated carbocycles. The van der Waals surface area contributed by atoms with Crippen molar-refractivity contribution in [2.75, 3.05) is 6.61 Å². The van der Waals surface area contributed by atoms with E-state index in [1.807, 2.05) is 0 Å². The van der Waals surface area contributed by atoms with Crippen molar-refractivity contribution in [3.63, 3.8) is 0 Å². The fraction of sp³-hybridized carbons (Fsp3) is 0.600. The molecule has 0 bridgehead atoms. The highest BCUT2D eigenvalue weighted by Gasteiger charge is 2.28. The number of furan rings is 1. The van der Waals surface area contributed by atoms with Crippen LogP contribution in [-0.4, -0.2) is 24.5 Å². The van der Waals surface area contributed by atoms with Gasteiger partial charge in [-0.25, -0.2) is 4.79 Å². The molecule has 0 radical (unpaired) electrons. The molecule has 3 atom stereocenters. The van der Waals surface area contributed by atoms with E-state index < -0.39 is 5.97 Å². The van der Waals surface area contributed by atoms with Crippen LogP contribution >= 0.6 is 15.9 Å². The molecule has 1 aromatic rings. The van der Waals surface area contributed by atoms with Gasteiger partial charge in [-0.3, -0.25) is 4.79 Å². The molecule has 0 saturated heterocycles. The molecule has 1 heterocycles. The first-order chi connectivity index (χ1) is 9.97. The maximum absolute atomic E-state index is 11.9. The summed E-state index contributed by atoms with van der Waals surface area (Å²) in [6.45, 7) is 4.08. The van der Waals surface area contributed by atoms with Crippen LogP contribution in [0.2, 0.25) is 0 Å². The number of nitrogens with one attached hydrogen (secondary N) is 1. The lowest BCUT2D eigenvalue weighted by atomic mass is 9.78. The summed E-state index contributed by atoms with van der Waals surface area (Å²) in [5, 5.41) is 2.96. The molecule has 0 aliphatic heterocycles. The van der Waals surface area contributed by atoms with E-state index in [1.54, 1.807) is 6.07 Å². The number of halogens is 1. The van der Waals surface area contributed by atoms with Crippen LogP contribution in [0.15, 0.2) is 21.2 Å². The average molecular weight is 358 g/mol. The van der Waals surface area contributed by atoms with Crippen LogP contribution in [0.25, 0.3) is 0 Å². The monoisotopic (exact) mass is 357 g/mol. The number of esters is 1. The third kappa shape index (κ3) is 4.33. The number of hydrogen-bond donors (Lipinski definition) is 1. The lowest BCUT2D eigenvalue weighted by Crippen LogP contribution is -2.45. The average Bonchev–Trinajstić information content (AvgIpc) is 2.88. The normalized spacial score (nSPS) is 25.4. The molecule has 5 nitrogen and oxygen atoms in total. The second-order valence-electron chi connectivity index (χ2n) is 5.62. The summed E-state index contributed by atoms with van der Waals surface area (Å²) >= 11 is 3.10. The predicted molar refractivity (Wildman–Crippen MR) is 80.8 cm³/mol. The van der Waals surface area contributed by atoms with Crippen LogP contribution in [0, 0.1) is 11.8 Å². The van der Waals surface area contributed by atoms with Gasteiger partial charge in [0.15, 0.2) is 11.3 Å². The Kier molecular flexibility index (Phi) is 5.45. The highest BCUT2D eigenvalue weighted by Crippen LogP contribution is 2.29. The van der Waals surface area contributed by atoms with Gasteiger partial charge in [-0.1, -0.05) is 26.7 Å². The smallest absolute Gasteiger partial charge is 0.374 e. The van der Waals surface area contributed by atoms with Crippen molar-refractivity contribution in [2.45, 2.75) is 39.2 Å². The molecule has 1 aliphatic rings. The third-order valence-electron chi connectivity index (χ3n) is 4.16. The molecule has 0 unspecified atom stereocenters. The fourth-order valence-corrected chi connectivity index (χ4v) is 2.97. The molecule has 1 fully saturated rings. The van der Waals surface area contributed by atoms with Crippen molar-refractivity contribution in [3.8, 4) is 0 Å². The van der Waals surface area contributed by atoms with Gasteiger partial charge in [0.1, 0.15) is 0 Å². The molecule has 2 rings (SSSR count). The summed E-state index contributed by atoms with van der Waals surface area (Å²) < 4.78 is 10.5. The van der Waals surface area contributed by atoms with E-state index in [2.05, 4.69) is 35.1 Å². The van der Waals surface area contributed by atoms with Gasteiger partial charge in [0.05, 0.1) is 0 Å². The van der Waals surface area contributed by atoms with E-state index in [0.717, 1.165) is 12.8 Å². The number of hydrogen-bond acceptors (Lipinski definition) is 4. The Labute approximate surface area is 132 Å². The van der Waals surface area contributed by atoms with Gasteiger partial charge in [-0.15, -0.1) is 0 Å². The lowest BCUT2D eigenvalue weighted by molar-refractivity contribution is -0.125. The second-order valence-corrected chi connectivity index (χ2v) is 6.40. The van der Waals surface area contributed by atoms with Crippen molar-refractivity contribution in [2.24, 2.45) is 11.8 Å². The Morgan fingerprint density at radius 2 is 2.14 bits per heavy atom. The third-order valence-corrected chi connectivity index (χ3v) is 4.59. The Hall–Kier alpha value is -1.30. The molecule has 21 heavy (non-hydrogen) atoms. The van der Waals surface area contributed by atoms with Crippen molar-refractivity contribution in [1.82, 2.24) is 5.32 Å². The van der Waals surface area contributed by atoms with Crippen molar-refractivity contribution in [3.05, 3.63) is 22.6 Å². The molecule has 1 amide bonds. The molecule has 0 aromatic carbocycles. The molecule has 1 aromatic heterocycles. The minimum Gasteiger partial charge on any atom is -0.450 e. The van der Waals surface area contributed by atoms with Crippen molar-refractivity contribution >= 4 is 27.8 Å². The summed E-state index contributed by atoms with van der Waals surface area (Å²) in [6.07, 6.45) is 3.31. The van der Waals surface area contributed by atoms with Crippen LogP contribution in [0.3, 0.4) is 0 Å². The summed E-state index contributed by atoms with van der Waals surface area (Å²) in [7, 11) is 0. The fourth-order valence-electron chi connectivity index (χ4n) is 2.66. The zero-order valence-corrected chi connectivity index (χ0v) is 13.8. The van der Waals surface area contributed by atoms with Gasteiger partial charge < -0.3 is 14.5 Å². The maximum atomic E-state index is 11.9. The minimum atomic E-state index is -0.638. The molecular weight excluding hydrogens is 338 g/mol. The van der Waals surface area contributed by atoms with E-state index >= 15 is 0 Å². The topological polar surface area (TPSA) is 68.5 Å². The summed E-state index contributed by atoms with van der Waals surface area (Å²) in [4.78, 5) is 23.5. The molecule has 1 aliphatic carbocycles. The van der Waals surface area contributed by atoms with E-state index in [4.69, 9.17) is 9.15 Å². The van der Waals surface area contributed by atoms with Gasteiger partial charge >= 0.3 is 5.97 Å². The van der Waals surface area contributed by atoms with Gasteiger partial charge in [-0.2, -0.15) is 0 Å². The Morgan fingerprint density at radius 1 is 1.38 bits per heavy atom. The number of amides is 1. The van der Waals surface area contributed by atoms with Crippen molar-refractivity contribution in [1.29, 1.82) is 0 Å². The molecule has 6 heteroatoms. The molecule has 1 N–H and O–H groups in total. The largest absolute Gasteiger partial charge is 0.450 e.